The minimum absolute atomic E-state index is 0.629. The summed E-state index contributed by atoms with van der Waals surface area (Å²) in [5.41, 5.74) is 18.2. The minimum Gasteiger partial charge on any atom is -0.457 e. The molecule has 336 valence electrons. The molecule has 1 heterocycles. The van der Waals surface area contributed by atoms with Gasteiger partial charge in [-0.05, 0) is 147 Å². The Bertz CT molecular complexity index is 3960. The first-order chi connectivity index (χ1) is 35.0. The molecule has 12 aromatic rings. The molecular weight excluding hydrogens is 861 g/mol. The molecule has 11 aromatic carbocycles. The summed E-state index contributed by atoms with van der Waals surface area (Å²) >= 11 is 0. The van der Waals surface area contributed by atoms with Crippen LogP contribution in [0, 0.1) is 6.92 Å². The van der Waals surface area contributed by atoms with Crippen LogP contribution in [0.4, 0.5) is 17.1 Å². The maximum absolute atomic E-state index is 6.42. The lowest BCUT2D eigenvalue weighted by Gasteiger charge is -2.35. The van der Waals surface area contributed by atoms with Crippen LogP contribution < -0.4 is 9.64 Å². The second kappa shape index (κ2) is 17.1. The van der Waals surface area contributed by atoms with Crippen molar-refractivity contribution in [2.24, 2.45) is 0 Å². The van der Waals surface area contributed by atoms with Gasteiger partial charge in [-0.2, -0.15) is 0 Å². The molecule has 1 aromatic heterocycles. The third-order valence-electron chi connectivity index (χ3n) is 14.6. The summed E-state index contributed by atoms with van der Waals surface area (Å²) in [7, 11) is 0. The maximum atomic E-state index is 6.42. The Morgan fingerprint density at radius 3 is 1.83 bits per heavy atom. The average Bonchev–Trinajstić information content (AvgIpc) is 3.92. The van der Waals surface area contributed by atoms with Crippen molar-refractivity contribution in [1.29, 1.82) is 0 Å². The Morgan fingerprint density at radius 2 is 1.06 bits per heavy atom. The Labute approximate surface area is 414 Å². The lowest BCUT2D eigenvalue weighted by Crippen LogP contribution is -2.28. The zero-order valence-electron chi connectivity index (χ0n) is 39.3. The highest BCUT2D eigenvalue weighted by atomic mass is 16.5. The van der Waals surface area contributed by atoms with Crippen molar-refractivity contribution in [3.8, 4) is 39.4 Å². The molecule has 0 saturated carbocycles. The summed E-state index contributed by atoms with van der Waals surface area (Å²) in [6.45, 7) is 6.07. The fourth-order valence-electron chi connectivity index (χ4n) is 11.2. The number of aromatic nitrogens is 1. The molecule has 1 aliphatic carbocycles. The number of hydrogen-bond donors (Lipinski definition) is 0. The molecule has 0 radical (unpaired) electrons. The van der Waals surface area contributed by atoms with Crippen LogP contribution in [0.25, 0.3) is 66.6 Å². The monoisotopic (exact) mass is 908 g/mol. The van der Waals surface area contributed by atoms with Gasteiger partial charge in [0.15, 0.2) is 0 Å². The van der Waals surface area contributed by atoms with Gasteiger partial charge >= 0.3 is 0 Å². The highest BCUT2D eigenvalue weighted by molar-refractivity contribution is 6.10. The molecule has 0 bridgehead atoms. The molecule has 71 heavy (non-hydrogen) atoms. The van der Waals surface area contributed by atoms with Gasteiger partial charge in [0.05, 0.1) is 22.1 Å². The number of anilines is 3. The normalized spacial score (nSPS) is 13.8. The van der Waals surface area contributed by atoms with Crippen molar-refractivity contribution >= 4 is 55.7 Å². The van der Waals surface area contributed by atoms with E-state index in [4.69, 9.17) is 4.74 Å². The van der Waals surface area contributed by atoms with Crippen LogP contribution in [-0.4, -0.2) is 4.57 Å². The van der Waals surface area contributed by atoms with E-state index in [1.54, 1.807) is 0 Å². The summed E-state index contributed by atoms with van der Waals surface area (Å²) in [4.78, 5) is 2.44. The summed E-state index contributed by atoms with van der Waals surface area (Å²) in [5.74, 6) is 1.57. The molecular formula is C68H48N2O. The van der Waals surface area contributed by atoms with E-state index in [1.165, 1.54) is 77.1 Å². The topological polar surface area (TPSA) is 17.4 Å². The van der Waals surface area contributed by atoms with Gasteiger partial charge in [0.2, 0.25) is 0 Å². The zero-order valence-corrected chi connectivity index (χ0v) is 39.3. The van der Waals surface area contributed by atoms with Crippen molar-refractivity contribution in [1.82, 2.24) is 4.57 Å². The van der Waals surface area contributed by atoms with Crippen molar-refractivity contribution in [3.63, 3.8) is 0 Å². The summed E-state index contributed by atoms with van der Waals surface area (Å²) < 4.78 is 8.79. The Hall–Kier alpha value is -9.18. The van der Waals surface area contributed by atoms with Gasteiger partial charge in [0.25, 0.3) is 0 Å². The molecule has 1 atom stereocenters. The second-order valence-corrected chi connectivity index (χ2v) is 18.6. The summed E-state index contributed by atoms with van der Waals surface area (Å²) in [6, 6.07) is 92.7. The molecule has 3 nitrogen and oxygen atoms in total. The van der Waals surface area contributed by atoms with Crippen molar-refractivity contribution in [3.05, 3.63) is 295 Å². The molecule has 0 N–H and O–H groups in total. The first kappa shape index (κ1) is 42.0. The standard InChI is InChI=1S/C68H48N2O/c1-3-47-26-38-56(39-27-47)71-57-40-33-52(34-41-57)68(51-31-24-46(2)25-32-51)63-21-11-9-19-59(63)60-42-37-55(45-64(60)68)69(65-23-13-15-49-14-7-8-18-58(49)65)54-35-28-48(29-36-54)50-30-43-67-62(44-50)61-20-10-12-22-66(61)70(67)53-16-5-4-6-17-53/h3-45H,1H2,2H3. The number of rotatable bonds is 10. The Kier molecular flexibility index (Phi) is 10.1. The summed E-state index contributed by atoms with van der Waals surface area (Å²) in [6.07, 6.45) is 1.85. The Balaban J connectivity index is 0.965. The van der Waals surface area contributed by atoms with E-state index in [9.17, 15) is 0 Å². The first-order valence-corrected chi connectivity index (χ1v) is 24.3. The SMILES string of the molecule is C=Cc1ccc(Oc2ccc(C3(c4ccc(C)cc4)c4ccccc4-c4ccc(N(c5ccc(-c6ccc7c(c6)c6ccccc6n7-c6ccccc6)cc5)c5cccc6ccccc56)cc43)cc2)cc1. The number of fused-ring (bicyclic) bond motifs is 7. The summed E-state index contributed by atoms with van der Waals surface area (Å²) in [5, 5.41) is 4.85. The van der Waals surface area contributed by atoms with Gasteiger partial charge in [0, 0.05) is 33.2 Å². The largest absolute Gasteiger partial charge is 0.457 e. The molecule has 0 aliphatic heterocycles. The molecule has 1 unspecified atom stereocenters. The predicted molar refractivity (Wildman–Crippen MR) is 297 cm³/mol. The van der Waals surface area contributed by atoms with E-state index < -0.39 is 5.41 Å². The fraction of sp³-hybridized carbons (Fsp3) is 0.0294. The number of nitrogens with zero attached hydrogens (tertiary/aromatic N) is 2. The lowest BCUT2D eigenvalue weighted by atomic mass is 9.67. The molecule has 0 fully saturated rings. The van der Waals surface area contributed by atoms with Crippen LogP contribution >= 0.6 is 0 Å². The maximum Gasteiger partial charge on any atom is 0.127 e. The van der Waals surface area contributed by atoms with E-state index in [-0.39, 0.29) is 0 Å². The molecule has 1 aliphatic rings. The number of benzene rings is 11. The fourth-order valence-corrected chi connectivity index (χ4v) is 11.2. The smallest absolute Gasteiger partial charge is 0.127 e. The van der Waals surface area contributed by atoms with Gasteiger partial charge in [-0.25, -0.2) is 0 Å². The van der Waals surface area contributed by atoms with Crippen molar-refractivity contribution < 1.29 is 4.74 Å². The molecule has 0 amide bonds. The van der Waals surface area contributed by atoms with Crippen LogP contribution in [0.15, 0.2) is 261 Å². The number of hydrogen-bond acceptors (Lipinski definition) is 2. The number of para-hydroxylation sites is 2. The van der Waals surface area contributed by atoms with Gasteiger partial charge in [-0.1, -0.05) is 188 Å². The van der Waals surface area contributed by atoms with Crippen LogP contribution in [0.1, 0.15) is 33.4 Å². The highest BCUT2D eigenvalue weighted by Crippen LogP contribution is 2.58. The van der Waals surface area contributed by atoms with Crippen LogP contribution in [0.2, 0.25) is 0 Å². The van der Waals surface area contributed by atoms with E-state index in [1.807, 2.05) is 30.3 Å². The molecule has 3 heteroatoms. The zero-order chi connectivity index (χ0) is 47.5. The number of aryl methyl sites for hydroxylation is 1. The molecule has 0 spiro atoms. The predicted octanol–water partition coefficient (Wildman–Crippen LogP) is 18.2. The van der Waals surface area contributed by atoms with E-state index >= 15 is 0 Å². The third kappa shape index (κ3) is 6.96. The van der Waals surface area contributed by atoms with E-state index in [2.05, 4.69) is 253 Å². The molecule has 13 rings (SSSR count). The quantitative estimate of drug-likeness (QED) is 0.136. The van der Waals surface area contributed by atoms with E-state index in [0.717, 1.165) is 45.4 Å². The van der Waals surface area contributed by atoms with Crippen LogP contribution in [-0.2, 0) is 5.41 Å². The first-order valence-electron chi connectivity index (χ1n) is 24.3. The minimum atomic E-state index is -0.629. The van der Waals surface area contributed by atoms with Gasteiger partial charge in [-0.3, -0.25) is 0 Å². The van der Waals surface area contributed by atoms with Gasteiger partial charge in [0.1, 0.15) is 11.5 Å². The third-order valence-corrected chi connectivity index (χ3v) is 14.6. The van der Waals surface area contributed by atoms with E-state index in [0.29, 0.717) is 0 Å². The molecule has 0 saturated heterocycles. The van der Waals surface area contributed by atoms with Crippen molar-refractivity contribution in [2.75, 3.05) is 4.90 Å². The van der Waals surface area contributed by atoms with Crippen molar-refractivity contribution in [2.45, 2.75) is 12.3 Å². The second-order valence-electron chi connectivity index (χ2n) is 18.6. The van der Waals surface area contributed by atoms with Gasteiger partial charge in [-0.15, -0.1) is 0 Å². The number of ether oxygens (including phenoxy) is 1. The Morgan fingerprint density at radius 1 is 0.451 bits per heavy atom. The lowest BCUT2D eigenvalue weighted by molar-refractivity contribution is 0.482. The van der Waals surface area contributed by atoms with Crippen LogP contribution in [0.3, 0.4) is 0 Å². The average molecular weight is 909 g/mol. The highest BCUT2D eigenvalue weighted by Gasteiger charge is 2.46. The van der Waals surface area contributed by atoms with Gasteiger partial charge < -0.3 is 14.2 Å². The van der Waals surface area contributed by atoms with Crippen LogP contribution in [0.5, 0.6) is 11.5 Å².